The Hall–Kier alpha value is -1.27. The SMILES string of the molecule is CCC(C)(C)C(=O)C(=O)[N+]1([O-])CCC[C@H]1C(=O)O. The third-order valence-electron chi connectivity index (χ3n) is 3.79. The molecule has 1 amide bonds. The zero-order valence-electron chi connectivity index (χ0n) is 10.9. The molecule has 0 aromatic heterocycles. The van der Waals surface area contributed by atoms with Gasteiger partial charge in [-0.05, 0) is 6.42 Å². The lowest BCUT2D eigenvalue weighted by molar-refractivity contribution is -0.804. The van der Waals surface area contributed by atoms with Crippen LogP contribution >= 0.6 is 0 Å². The summed E-state index contributed by atoms with van der Waals surface area (Å²) in [4.78, 5) is 35.0. The van der Waals surface area contributed by atoms with Gasteiger partial charge in [0.15, 0.2) is 6.04 Å². The molecule has 6 heteroatoms. The highest BCUT2D eigenvalue weighted by Gasteiger charge is 2.50. The highest BCUT2D eigenvalue weighted by atomic mass is 16.6. The molecule has 2 atom stereocenters. The highest BCUT2D eigenvalue weighted by molar-refractivity contribution is 6.35. The molecule has 1 unspecified atom stereocenters. The lowest BCUT2D eigenvalue weighted by Gasteiger charge is -2.39. The van der Waals surface area contributed by atoms with Gasteiger partial charge >= 0.3 is 11.9 Å². The van der Waals surface area contributed by atoms with Gasteiger partial charge in [-0.3, -0.25) is 9.44 Å². The van der Waals surface area contributed by atoms with E-state index in [0.717, 1.165) is 0 Å². The number of ketones is 1. The predicted molar refractivity (Wildman–Crippen MR) is 63.2 cm³/mol. The predicted octanol–water partition coefficient (Wildman–Crippen LogP) is 1.08. The van der Waals surface area contributed by atoms with Crippen LogP contribution < -0.4 is 0 Å². The van der Waals surface area contributed by atoms with Gasteiger partial charge in [-0.1, -0.05) is 20.8 Å². The smallest absolute Gasteiger partial charge is 0.382 e. The number of carboxylic acids is 1. The summed E-state index contributed by atoms with van der Waals surface area (Å²) in [7, 11) is 0. The van der Waals surface area contributed by atoms with Gasteiger partial charge in [0.2, 0.25) is 0 Å². The van der Waals surface area contributed by atoms with E-state index in [2.05, 4.69) is 0 Å². The van der Waals surface area contributed by atoms with Crippen LogP contribution in [0.4, 0.5) is 0 Å². The fourth-order valence-electron chi connectivity index (χ4n) is 2.05. The molecule has 1 heterocycles. The Morgan fingerprint density at radius 2 is 1.94 bits per heavy atom. The summed E-state index contributed by atoms with van der Waals surface area (Å²) >= 11 is 0. The maximum Gasteiger partial charge on any atom is 0.382 e. The van der Waals surface area contributed by atoms with Crippen LogP contribution in [-0.2, 0) is 14.4 Å². The molecule has 0 saturated carbocycles. The Morgan fingerprint density at radius 3 is 2.39 bits per heavy atom. The van der Waals surface area contributed by atoms with Crippen molar-refractivity contribution in [1.82, 2.24) is 0 Å². The van der Waals surface area contributed by atoms with Crippen LogP contribution in [0, 0.1) is 10.6 Å². The zero-order valence-corrected chi connectivity index (χ0v) is 10.9. The van der Waals surface area contributed by atoms with E-state index < -0.39 is 33.8 Å². The summed E-state index contributed by atoms with van der Waals surface area (Å²) in [5, 5.41) is 21.3. The fourth-order valence-corrected chi connectivity index (χ4v) is 2.05. The standard InChI is InChI=1S/C12H19NO5/c1-4-12(2,3)9(14)10(15)13(18)7-5-6-8(13)11(16)17/h8H,4-7H2,1-3H3,(H,16,17)/t8-,13?/m0/s1. The normalized spacial score (nSPS) is 28.1. The van der Waals surface area contributed by atoms with Gasteiger partial charge in [-0.15, -0.1) is 0 Å². The van der Waals surface area contributed by atoms with Gasteiger partial charge in [0.1, 0.15) is 0 Å². The number of aliphatic carboxylic acids is 1. The monoisotopic (exact) mass is 257 g/mol. The largest absolute Gasteiger partial charge is 0.624 e. The second kappa shape index (κ2) is 4.78. The van der Waals surface area contributed by atoms with Gasteiger partial charge in [0.25, 0.3) is 5.78 Å². The summed E-state index contributed by atoms with van der Waals surface area (Å²) < 4.78 is -1.53. The number of nitrogens with zero attached hydrogens (tertiary/aromatic N) is 1. The van der Waals surface area contributed by atoms with Crippen LogP contribution in [-0.4, -0.2) is 40.0 Å². The molecular weight excluding hydrogens is 238 g/mol. The molecule has 6 nitrogen and oxygen atoms in total. The number of rotatable bonds is 4. The van der Waals surface area contributed by atoms with Crippen molar-refractivity contribution in [2.45, 2.75) is 46.1 Å². The van der Waals surface area contributed by atoms with E-state index in [1.165, 1.54) is 0 Å². The van der Waals surface area contributed by atoms with Crippen LogP contribution in [0.15, 0.2) is 0 Å². The molecule has 0 spiro atoms. The summed E-state index contributed by atoms with van der Waals surface area (Å²) in [6.45, 7) is 4.80. The molecule has 18 heavy (non-hydrogen) atoms. The maximum absolute atomic E-state index is 12.4. The average Bonchev–Trinajstić information content (AvgIpc) is 2.70. The average molecular weight is 257 g/mol. The fraction of sp³-hybridized carbons (Fsp3) is 0.750. The van der Waals surface area contributed by atoms with Crippen LogP contribution in [0.2, 0.25) is 0 Å². The Kier molecular flexibility index (Phi) is 3.92. The molecular formula is C12H19NO5. The molecule has 0 aromatic carbocycles. The maximum atomic E-state index is 12.4. The number of carbonyl (C=O) groups excluding carboxylic acids is 2. The first-order chi connectivity index (χ1) is 8.16. The quantitative estimate of drug-likeness (QED) is 0.462. The molecule has 1 fully saturated rings. The number of amides is 1. The molecule has 1 saturated heterocycles. The molecule has 0 aromatic rings. The van der Waals surface area contributed by atoms with Crippen molar-refractivity contribution in [3.63, 3.8) is 0 Å². The Balaban J connectivity index is 3.02. The van der Waals surface area contributed by atoms with Crippen molar-refractivity contribution < 1.29 is 24.1 Å². The number of carbonyl (C=O) groups is 3. The van der Waals surface area contributed by atoms with E-state index in [4.69, 9.17) is 5.11 Å². The van der Waals surface area contributed by atoms with Gasteiger partial charge in [0.05, 0.1) is 6.54 Å². The van der Waals surface area contributed by atoms with Crippen molar-refractivity contribution in [1.29, 1.82) is 0 Å². The van der Waals surface area contributed by atoms with Crippen molar-refractivity contribution in [3.8, 4) is 0 Å². The summed E-state index contributed by atoms with van der Waals surface area (Å²) in [6.07, 6.45) is 0.922. The first kappa shape index (κ1) is 14.8. The Bertz CT molecular complexity index is 390. The van der Waals surface area contributed by atoms with E-state index in [1.807, 2.05) is 0 Å². The topological polar surface area (TPSA) is 94.5 Å². The van der Waals surface area contributed by atoms with Crippen LogP contribution in [0.1, 0.15) is 40.0 Å². The molecule has 1 rings (SSSR count). The number of Topliss-reactive ketones (excluding diaryl/α,β-unsaturated/α-hetero) is 1. The molecule has 102 valence electrons. The highest BCUT2D eigenvalue weighted by Crippen LogP contribution is 2.30. The number of carboxylic acid groups (broad SMARTS) is 1. The van der Waals surface area contributed by atoms with Crippen LogP contribution in [0.5, 0.6) is 0 Å². The van der Waals surface area contributed by atoms with Crippen molar-refractivity contribution in [2.75, 3.05) is 6.54 Å². The molecule has 0 aliphatic carbocycles. The van der Waals surface area contributed by atoms with Crippen LogP contribution in [0.3, 0.4) is 0 Å². The zero-order chi connectivity index (χ0) is 14.1. The minimum absolute atomic E-state index is 0.124. The third-order valence-corrected chi connectivity index (χ3v) is 3.79. The summed E-state index contributed by atoms with van der Waals surface area (Å²) in [5.41, 5.74) is -0.918. The minimum atomic E-state index is -1.53. The van der Waals surface area contributed by atoms with Gasteiger partial charge < -0.3 is 10.3 Å². The number of hydroxylamine groups is 3. The number of hydrogen-bond donors (Lipinski definition) is 1. The number of hydrogen-bond acceptors (Lipinski definition) is 4. The summed E-state index contributed by atoms with van der Waals surface area (Å²) in [6, 6.07) is -1.34. The van der Waals surface area contributed by atoms with Crippen LogP contribution in [0.25, 0.3) is 0 Å². The lowest BCUT2D eigenvalue weighted by atomic mass is 9.84. The third kappa shape index (κ3) is 2.30. The number of likely N-dealkylation sites (tertiary alicyclic amines) is 1. The van der Waals surface area contributed by atoms with Crippen molar-refractivity contribution in [2.24, 2.45) is 5.41 Å². The molecule has 1 aliphatic heterocycles. The van der Waals surface area contributed by atoms with Crippen molar-refractivity contribution in [3.05, 3.63) is 5.21 Å². The Morgan fingerprint density at radius 1 is 1.39 bits per heavy atom. The first-order valence-electron chi connectivity index (χ1n) is 6.07. The van der Waals surface area contributed by atoms with Crippen molar-refractivity contribution >= 4 is 17.7 Å². The Labute approximate surface area is 106 Å². The molecule has 0 bridgehead atoms. The first-order valence-corrected chi connectivity index (χ1v) is 6.07. The molecule has 0 radical (unpaired) electrons. The molecule has 1 aliphatic rings. The lowest BCUT2D eigenvalue weighted by Crippen LogP contribution is -2.58. The van der Waals surface area contributed by atoms with Gasteiger partial charge in [0, 0.05) is 18.3 Å². The number of quaternary nitrogens is 1. The van der Waals surface area contributed by atoms with E-state index >= 15 is 0 Å². The van der Waals surface area contributed by atoms with E-state index in [0.29, 0.717) is 12.8 Å². The van der Waals surface area contributed by atoms with E-state index in [-0.39, 0.29) is 13.0 Å². The van der Waals surface area contributed by atoms with Gasteiger partial charge in [-0.25, -0.2) is 9.59 Å². The van der Waals surface area contributed by atoms with E-state index in [1.54, 1.807) is 20.8 Å². The van der Waals surface area contributed by atoms with E-state index in [9.17, 15) is 19.6 Å². The van der Waals surface area contributed by atoms with Gasteiger partial charge in [-0.2, -0.15) is 0 Å². The minimum Gasteiger partial charge on any atom is -0.624 e. The second-order valence-corrected chi connectivity index (χ2v) is 5.39. The summed E-state index contributed by atoms with van der Waals surface area (Å²) in [5.74, 6) is -3.20. The molecule has 1 N–H and O–H groups in total. The second-order valence-electron chi connectivity index (χ2n) is 5.39.